The fraction of sp³-hybridized carbons (Fsp3) is 0.367. The summed E-state index contributed by atoms with van der Waals surface area (Å²) in [4.78, 5) is 11.5. The maximum atomic E-state index is 11.5. The minimum Gasteiger partial charge on any atom is -0.295 e. The Morgan fingerprint density at radius 3 is 1.39 bits per heavy atom. The van der Waals surface area contributed by atoms with Crippen LogP contribution in [0, 0.1) is 0 Å². The summed E-state index contributed by atoms with van der Waals surface area (Å²) in [5.41, 5.74) is 7.01. The molecule has 0 fully saturated rings. The van der Waals surface area contributed by atoms with Crippen molar-refractivity contribution in [3.63, 3.8) is 0 Å². The molecule has 3 rings (SSSR count). The Morgan fingerprint density at radius 2 is 0.935 bits per heavy atom. The molecule has 162 valence electrons. The van der Waals surface area contributed by atoms with E-state index in [0.29, 0.717) is 0 Å². The van der Waals surface area contributed by atoms with Gasteiger partial charge in [0.2, 0.25) is 0 Å². The number of carbonyl (C=O) groups is 1. The smallest absolute Gasteiger partial charge is 0.159 e. The van der Waals surface area contributed by atoms with Gasteiger partial charge in [0.1, 0.15) is 0 Å². The van der Waals surface area contributed by atoms with Crippen LogP contribution in [-0.4, -0.2) is 5.78 Å². The zero-order valence-electron chi connectivity index (χ0n) is 19.2. The lowest BCUT2D eigenvalue weighted by atomic mass is 9.98. The van der Waals surface area contributed by atoms with Crippen LogP contribution >= 0.6 is 0 Å². The van der Waals surface area contributed by atoms with Crippen molar-refractivity contribution < 1.29 is 4.79 Å². The van der Waals surface area contributed by atoms with Crippen LogP contribution in [0.3, 0.4) is 0 Å². The van der Waals surface area contributed by atoms with Gasteiger partial charge in [-0.05, 0) is 47.6 Å². The standard InChI is InChI=1S/C30H36O/c1-3-4-5-6-7-8-9-10-11-25-12-14-27(15-13-25)29-20-22-30(23-21-29)28-18-16-26(17-19-28)24(2)31/h12-23H,3-11H2,1-2H3. The van der Waals surface area contributed by atoms with Gasteiger partial charge in [0.05, 0.1) is 0 Å². The van der Waals surface area contributed by atoms with Crippen LogP contribution in [-0.2, 0) is 6.42 Å². The van der Waals surface area contributed by atoms with Gasteiger partial charge in [-0.1, -0.05) is 125 Å². The summed E-state index contributed by atoms with van der Waals surface area (Å²) >= 11 is 0. The monoisotopic (exact) mass is 412 g/mol. The zero-order valence-corrected chi connectivity index (χ0v) is 19.2. The molecule has 0 heterocycles. The summed E-state index contributed by atoms with van der Waals surface area (Å²) in [5, 5.41) is 0. The van der Waals surface area contributed by atoms with Crippen LogP contribution in [0.2, 0.25) is 0 Å². The summed E-state index contributed by atoms with van der Waals surface area (Å²) < 4.78 is 0. The average Bonchev–Trinajstić information content (AvgIpc) is 2.81. The number of hydrogen-bond donors (Lipinski definition) is 0. The molecule has 3 aromatic carbocycles. The molecule has 0 unspecified atom stereocenters. The van der Waals surface area contributed by atoms with Crippen molar-refractivity contribution >= 4 is 5.78 Å². The van der Waals surface area contributed by atoms with Gasteiger partial charge in [0.15, 0.2) is 5.78 Å². The van der Waals surface area contributed by atoms with E-state index in [0.717, 1.165) is 11.1 Å². The quantitative estimate of drug-likeness (QED) is 0.214. The number of rotatable bonds is 12. The normalized spacial score (nSPS) is 10.9. The van der Waals surface area contributed by atoms with Gasteiger partial charge in [0.25, 0.3) is 0 Å². The third-order valence-corrected chi connectivity index (χ3v) is 6.12. The summed E-state index contributed by atoms with van der Waals surface area (Å²) in [7, 11) is 0. The second-order valence-corrected chi connectivity index (χ2v) is 8.63. The number of benzene rings is 3. The van der Waals surface area contributed by atoms with Crippen LogP contribution in [0.25, 0.3) is 22.3 Å². The molecule has 1 nitrogen and oxygen atoms in total. The van der Waals surface area contributed by atoms with E-state index >= 15 is 0 Å². The Kier molecular flexibility index (Phi) is 9.09. The van der Waals surface area contributed by atoms with E-state index in [1.165, 1.54) is 80.0 Å². The third-order valence-electron chi connectivity index (χ3n) is 6.12. The number of aryl methyl sites for hydroxylation is 1. The number of hydrogen-bond acceptors (Lipinski definition) is 1. The minimum atomic E-state index is 0.104. The molecule has 1 heteroatoms. The molecule has 0 aromatic heterocycles. The van der Waals surface area contributed by atoms with Gasteiger partial charge >= 0.3 is 0 Å². The van der Waals surface area contributed by atoms with Crippen LogP contribution in [0.15, 0.2) is 72.8 Å². The maximum Gasteiger partial charge on any atom is 0.159 e. The molecule has 31 heavy (non-hydrogen) atoms. The molecule has 0 amide bonds. The van der Waals surface area contributed by atoms with Crippen molar-refractivity contribution in [2.75, 3.05) is 0 Å². The summed E-state index contributed by atoms with van der Waals surface area (Å²) in [5.74, 6) is 0.104. The fourth-order valence-electron chi connectivity index (χ4n) is 4.08. The molecule has 0 spiro atoms. The lowest BCUT2D eigenvalue weighted by molar-refractivity contribution is 0.101. The first-order valence-corrected chi connectivity index (χ1v) is 12.0. The van der Waals surface area contributed by atoms with Crippen molar-refractivity contribution in [3.8, 4) is 22.3 Å². The average molecular weight is 413 g/mol. The molecule has 0 radical (unpaired) electrons. The summed E-state index contributed by atoms with van der Waals surface area (Å²) in [6, 6.07) is 25.6. The number of ketones is 1. The van der Waals surface area contributed by atoms with E-state index in [9.17, 15) is 4.79 Å². The lowest BCUT2D eigenvalue weighted by Crippen LogP contribution is -1.90. The van der Waals surface area contributed by atoms with E-state index < -0.39 is 0 Å². The van der Waals surface area contributed by atoms with E-state index in [1.807, 2.05) is 24.3 Å². The molecule has 0 saturated carbocycles. The largest absolute Gasteiger partial charge is 0.295 e. The predicted molar refractivity (Wildman–Crippen MR) is 134 cm³/mol. The molecule has 0 atom stereocenters. The topological polar surface area (TPSA) is 17.1 Å². The Bertz CT molecular complexity index is 918. The van der Waals surface area contributed by atoms with Crippen molar-refractivity contribution in [1.29, 1.82) is 0 Å². The SMILES string of the molecule is CCCCCCCCCCc1ccc(-c2ccc(-c3ccc(C(C)=O)cc3)cc2)cc1. The van der Waals surface area contributed by atoms with Crippen molar-refractivity contribution in [2.45, 2.75) is 71.6 Å². The Morgan fingerprint density at radius 1 is 0.548 bits per heavy atom. The van der Waals surface area contributed by atoms with Gasteiger partial charge in [0, 0.05) is 5.56 Å². The number of unbranched alkanes of at least 4 members (excludes halogenated alkanes) is 7. The molecule has 0 aliphatic heterocycles. The molecular formula is C30H36O. The highest BCUT2D eigenvalue weighted by Gasteiger charge is 2.03. The summed E-state index contributed by atoms with van der Waals surface area (Å²) in [6.07, 6.45) is 12.1. The van der Waals surface area contributed by atoms with Crippen molar-refractivity contribution in [1.82, 2.24) is 0 Å². The molecule has 3 aromatic rings. The van der Waals surface area contributed by atoms with Crippen LogP contribution in [0.1, 0.15) is 81.1 Å². The Hall–Kier alpha value is -2.67. The summed E-state index contributed by atoms with van der Waals surface area (Å²) in [6.45, 7) is 3.88. The van der Waals surface area contributed by atoms with Crippen molar-refractivity contribution in [3.05, 3.63) is 83.9 Å². The highest BCUT2D eigenvalue weighted by atomic mass is 16.1. The molecule has 0 bridgehead atoms. The highest BCUT2D eigenvalue weighted by Crippen LogP contribution is 2.26. The molecule has 0 N–H and O–H groups in total. The first-order chi connectivity index (χ1) is 15.2. The zero-order chi connectivity index (χ0) is 21.9. The van der Waals surface area contributed by atoms with Crippen molar-refractivity contribution in [2.24, 2.45) is 0 Å². The lowest BCUT2D eigenvalue weighted by Gasteiger charge is -2.07. The van der Waals surface area contributed by atoms with Crippen LogP contribution in [0.4, 0.5) is 0 Å². The maximum absolute atomic E-state index is 11.5. The first kappa shape index (κ1) is 23.0. The van der Waals surface area contributed by atoms with E-state index in [1.54, 1.807) is 6.92 Å². The molecular weight excluding hydrogens is 376 g/mol. The predicted octanol–water partition coefficient (Wildman–Crippen LogP) is 8.91. The molecule has 0 aliphatic carbocycles. The van der Waals surface area contributed by atoms with E-state index in [4.69, 9.17) is 0 Å². The van der Waals surface area contributed by atoms with Gasteiger partial charge in [-0.2, -0.15) is 0 Å². The van der Waals surface area contributed by atoms with Gasteiger partial charge in [-0.25, -0.2) is 0 Å². The van der Waals surface area contributed by atoms with Crippen LogP contribution < -0.4 is 0 Å². The number of Topliss-reactive ketones (excluding diaryl/α,β-unsaturated/α-hetero) is 1. The van der Waals surface area contributed by atoms with E-state index in [2.05, 4.69) is 55.5 Å². The van der Waals surface area contributed by atoms with E-state index in [-0.39, 0.29) is 5.78 Å². The first-order valence-electron chi connectivity index (χ1n) is 12.0. The Balaban J connectivity index is 1.49. The minimum absolute atomic E-state index is 0.104. The number of carbonyl (C=O) groups excluding carboxylic acids is 1. The molecule has 0 saturated heterocycles. The third kappa shape index (κ3) is 7.21. The second kappa shape index (κ2) is 12.2. The highest BCUT2D eigenvalue weighted by molar-refractivity contribution is 5.94. The van der Waals surface area contributed by atoms with Gasteiger partial charge in [-0.3, -0.25) is 4.79 Å². The second-order valence-electron chi connectivity index (χ2n) is 8.63. The van der Waals surface area contributed by atoms with Gasteiger partial charge < -0.3 is 0 Å². The Labute approximate surface area is 188 Å². The van der Waals surface area contributed by atoms with Gasteiger partial charge in [-0.15, -0.1) is 0 Å². The van der Waals surface area contributed by atoms with Crippen LogP contribution in [0.5, 0.6) is 0 Å². The molecule has 0 aliphatic rings. The fourth-order valence-corrected chi connectivity index (χ4v) is 4.08.